The zero-order chi connectivity index (χ0) is 15.2. The molecule has 1 unspecified atom stereocenters. The van der Waals surface area contributed by atoms with E-state index in [9.17, 15) is 9.59 Å². The quantitative estimate of drug-likeness (QED) is 0.807. The Balaban J connectivity index is 1.86. The van der Waals surface area contributed by atoms with Crippen molar-refractivity contribution in [1.29, 1.82) is 0 Å². The highest BCUT2D eigenvalue weighted by molar-refractivity contribution is 5.92. The Morgan fingerprint density at radius 1 is 1.38 bits per heavy atom. The minimum absolute atomic E-state index is 0.0666. The van der Waals surface area contributed by atoms with E-state index in [0.717, 1.165) is 12.1 Å². The smallest absolute Gasteiger partial charge is 0.248 e. The van der Waals surface area contributed by atoms with Gasteiger partial charge in [-0.3, -0.25) is 9.59 Å². The molecule has 2 amide bonds. The summed E-state index contributed by atoms with van der Waals surface area (Å²) in [5.74, 6) is -0.383. The minimum atomic E-state index is -0.450. The number of primary amides is 1. The second-order valence-corrected chi connectivity index (χ2v) is 5.24. The molecule has 6 heteroatoms. The Kier molecular flexibility index (Phi) is 5.30. The normalized spacial score (nSPS) is 18.2. The van der Waals surface area contributed by atoms with E-state index in [1.165, 1.54) is 0 Å². The predicted octanol–water partition coefficient (Wildman–Crippen LogP) is 0.122. The van der Waals surface area contributed by atoms with Crippen molar-refractivity contribution >= 4 is 11.8 Å². The maximum Gasteiger partial charge on any atom is 0.248 e. The van der Waals surface area contributed by atoms with E-state index in [1.807, 2.05) is 12.1 Å². The van der Waals surface area contributed by atoms with Crippen LogP contribution in [0.2, 0.25) is 0 Å². The number of carbonyl (C=O) groups excluding carboxylic acids is 2. The summed E-state index contributed by atoms with van der Waals surface area (Å²) >= 11 is 0. The van der Waals surface area contributed by atoms with Crippen LogP contribution in [-0.4, -0.2) is 49.6 Å². The van der Waals surface area contributed by atoms with Gasteiger partial charge in [0.2, 0.25) is 11.8 Å². The molecule has 0 saturated carbocycles. The van der Waals surface area contributed by atoms with Gasteiger partial charge in [0, 0.05) is 38.2 Å². The highest BCUT2D eigenvalue weighted by Gasteiger charge is 2.19. The molecule has 3 N–H and O–H groups in total. The van der Waals surface area contributed by atoms with Crippen molar-refractivity contribution in [1.82, 2.24) is 10.2 Å². The highest BCUT2D eigenvalue weighted by Crippen LogP contribution is 2.09. The first kappa shape index (κ1) is 15.5. The maximum atomic E-state index is 12.1. The lowest BCUT2D eigenvalue weighted by atomic mass is 10.1. The van der Waals surface area contributed by atoms with Crippen molar-refractivity contribution < 1.29 is 14.3 Å². The Morgan fingerprint density at radius 3 is 2.67 bits per heavy atom. The number of nitrogens with two attached hydrogens (primary N) is 1. The summed E-state index contributed by atoms with van der Waals surface area (Å²) in [6.07, 6.45) is 0.426. The SMILES string of the molecule is CN(Cc1ccc(C(N)=O)cc1)C(=O)CC1COCCN1. The molecule has 1 aromatic carbocycles. The Hall–Kier alpha value is -1.92. The first-order valence-electron chi connectivity index (χ1n) is 7.00. The zero-order valence-electron chi connectivity index (χ0n) is 12.2. The van der Waals surface area contributed by atoms with Gasteiger partial charge in [-0.1, -0.05) is 12.1 Å². The lowest BCUT2D eigenvalue weighted by Crippen LogP contribution is -2.44. The van der Waals surface area contributed by atoms with E-state index in [2.05, 4.69) is 5.32 Å². The molecular weight excluding hydrogens is 270 g/mol. The monoisotopic (exact) mass is 291 g/mol. The molecule has 6 nitrogen and oxygen atoms in total. The lowest BCUT2D eigenvalue weighted by Gasteiger charge is -2.25. The summed E-state index contributed by atoms with van der Waals surface area (Å²) in [6, 6.07) is 7.06. The summed E-state index contributed by atoms with van der Waals surface area (Å²) in [5.41, 5.74) is 6.63. The molecule has 1 aliphatic heterocycles. The molecule has 114 valence electrons. The number of nitrogens with zero attached hydrogens (tertiary/aromatic N) is 1. The van der Waals surface area contributed by atoms with Crippen LogP contribution in [0.4, 0.5) is 0 Å². The molecule has 0 aliphatic carbocycles. The minimum Gasteiger partial charge on any atom is -0.378 e. The van der Waals surface area contributed by atoms with Gasteiger partial charge in [-0.25, -0.2) is 0 Å². The lowest BCUT2D eigenvalue weighted by molar-refractivity contribution is -0.131. The van der Waals surface area contributed by atoms with Gasteiger partial charge in [-0.05, 0) is 17.7 Å². The molecule has 1 aliphatic rings. The number of rotatable bonds is 5. The van der Waals surface area contributed by atoms with Crippen LogP contribution in [0.3, 0.4) is 0 Å². The molecule has 1 atom stereocenters. The molecule has 1 aromatic rings. The van der Waals surface area contributed by atoms with Gasteiger partial charge >= 0.3 is 0 Å². The molecule has 0 spiro atoms. The number of morpholine rings is 1. The van der Waals surface area contributed by atoms with Crippen molar-refractivity contribution in [2.24, 2.45) is 5.73 Å². The van der Waals surface area contributed by atoms with Crippen molar-refractivity contribution in [2.45, 2.75) is 19.0 Å². The second-order valence-electron chi connectivity index (χ2n) is 5.24. The standard InChI is InChI=1S/C15H21N3O3/c1-18(14(19)8-13-10-21-7-6-17-13)9-11-2-4-12(5-3-11)15(16)20/h2-5,13,17H,6-10H2,1H3,(H2,16,20). The van der Waals surface area contributed by atoms with Gasteiger partial charge in [0.1, 0.15) is 0 Å². The van der Waals surface area contributed by atoms with E-state index < -0.39 is 5.91 Å². The molecule has 1 heterocycles. The van der Waals surface area contributed by atoms with E-state index >= 15 is 0 Å². The number of amides is 2. The zero-order valence-corrected chi connectivity index (χ0v) is 12.2. The molecule has 0 bridgehead atoms. The van der Waals surface area contributed by atoms with Crippen LogP contribution in [0.15, 0.2) is 24.3 Å². The molecule has 1 fully saturated rings. The molecule has 1 saturated heterocycles. The van der Waals surface area contributed by atoms with Crippen LogP contribution in [0.25, 0.3) is 0 Å². The summed E-state index contributed by atoms with van der Waals surface area (Å²) in [6.45, 7) is 2.57. The van der Waals surface area contributed by atoms with Crippen LogP contribution in [0.5, 0.6) is 0 Å². The Labute approximate surface area is 124 Å². The largest absolute Gasteiger partial charge is 0.378 e. The Morgan fingerprint density at radius 2 is 2.10 bits per heavy atom. The van der Waals surface area contributed by atoms with Crippen LogP contribution in [0.1, 0.15) is 22.3 Å². The summed E-state index contributed by atoms with van der Waals surface area (Å²) in [5, 5.41) is 3.26. The van der Waals surface area contributed by atoms with E-state index in [4.69, 9.17) is 10.5 Å². The first-order chi connectivity index (χ1) is 10.1. The summed E-state index contributed by atoms with van der Waals surface area (Å²) < 4.78 is 5.34. The van der Waals surface area contributed by atoms with Gasteiger partial charge < -0.3 is 20.7 Å². The van der Waals surface area contributed by atoms with Crippen LogP contribution < -0.4 is 11.1 Å². The van der Waals surface area contributed by atoms with Gasteiger partial charge in [0.05, 0.1) is 13.2 Å². The fraction of sp³-hybridized carbons (Fsp3) is 0.467. The fourth-order valence-electron chi connectivity index (χ4n) is 2.25. The van der Waals surface area contributed by atoms with Gasteiger partial charge in [-0.2, -0.15) is 0 Å². The van der Waals surface area contributed by atoms with Crippen LogP contribution in [-0.2, 0) is 16.1 Å². The summed E-state index contributed by atoms with van der Waals surface area (Å²) in [7, 11) is 1.77. The first-order valence-corrected chi connectivity index (χ1v) is 7.00. The number of nitrogens with one attached hydrogen (secondary N) is 1. The molecule has 0 aromatic heterocycles. The van der Waals surface area contributed by atoms with Crippen LogP contribution in [0, 0.1) is 0 Å². The van der Waals surface area contributed by atoms with Crippen LogP contribution >= 0.6 is 0 Å². The highest BCUT2D eigenvalue weighted by atomic mass is 16.5. The van der Waals surface area contributed by atoms with Crippen molar-refractivity contribution in [3.63, 3.8) is 0 Å². The third-order valence-corrected chi connectivity index (χ3v) is 3.50. The third-order valence-electron chi connectivity index (χ3n) is 3.50. The van der Waals surface area contributed by atoms with E-state index in [1.54, 1.807) is 24.1 Å². The molecule has 0 radical (unpaired) electrons. The molecule has 2 rings (SSSR count). The average Bonchev–Trinajstić information content (AvgIpc) is 2.48. The van der Waals surface area contributed by atoms with E-state index in [-0.39, 0.29) is 11.9 Å². The van der Waals surface area contributed by atoms with Gasteiger partial charge in [0.15, 0.2) is 0 Å². The topological polar surface area (TPSA) is 84.7 Å². The maximum absolute atomic E-state index is 12.1. The second kappa shape index (κ2) is 7.19. The molecular formula is C15H21N3O3. The van der Waals surface area contributed by atoms with Crippen molar-refractivity contribution in [3.8, 4) is 0 Å². The van der Waals surface area contributed by atoms with Crippen molar-refractivity contribution in [2.75, 3.05) is 26.8 Å². The number of hydrogen-bond acceptors (Lipinski definition) is 4. The van der Waals surface area contributed by atoms with Gasteiger partial charge in [0.25, 0.3) is 0 Å². The average molecular weight is 291 g/mol. The number of ether oxygens (including phenoxy) is 1. The Bertz CT molecular complexity index is 495. The predicted molar refractivity (Wildman–Crippen MR) is 78.7 cm³/mol. The van der Waals surface area contributed by atoms with E-state index in [0.29, 0.717) is 31.7 Å². The number of benzene rings is 1. The molecule has 21 heavy (non-hydrogen) atoms. The third kappa shape index (κ3) is 4.54. The van der Waals surface area contributed by atoms with Crippen molar-refractivity contribution in [3.05, 3.63) is 35.4 Å². The van der Waals surface area contributed by atoms with Gasteiger partial charge in [-0.15, -0.1) is 0 Å². The fourth-order valence-corrected chi connectivity index (χ4v) is 2.25. The summed E-state index contributed by atoms with van der Waals surface area (Å²) in [4.78, 5) is 24.8. The number of hydrogen-bond donors (Lipinski definition) is 2. The number of carbonyl (C=O) groups is 2.